The molecule has 2 aromatic heterocycles. The van der Waals surface area contributed by atoms with Crippen LogP contribution in [0.5, 0.6) is 0 Å². The molecule has 3 heterocycles. The lowest BCUT2D eigenvalue weighted by molar-refractivity contribution is 0.0873. The van der Waals surface area contributed by atoms with Gasteiger partial charge in [0.2, 0.25) is 0 Å². The molecule has 1 aliphatic heterocycles. The van der Waals surface area contributed by atoms with Crippen LogP contribution in [0.25, 0.3) is 0 Å². The van der Waals surface area contributed by atoms with Crippen molar-refractivity contribution in [3.8, 4) is 0 Å². The molecule has 1 aromatic carbocycles. The van der Waals surface area contributed by atoms with Crippen molar-refractivity contribution in [1.29, 1.82) is 0 Å². The average molecular weight is 411 g/mol. The number of carbonyl (C=O) groups is 1. The zero-order valence-corrected chi connectivity index (χ0v) is 16.8. The van der Waals surface area contributed by atoms with Crippen LogP contribution in [0.2, 0.25) is 0 Å². The highest BCUT2D eigenvalue weighted by Gasteiger charge is 2.31. The number of hydrogen-bond acceptors (Lipinski definition) is 5. The third kappa shape index (κ3) is 5.05. The summed E-state index contributed by atoms with van der Waals surface area (Å²) in [6.07, 6.45) is 5.43. The fraction of sp³-hybridized carbons (Fsp3) is 0.318. The molecule has 0 bridgehead atoms. The Morgan fingerprint density at radius 2 is 2.17 bits per heavy atom. The summed E-state index contributed by atoms with van der Waals surface area (Å²) in [7, 11) is 0. The number of nitrogens with one attached hydrogen (secondary N) is 1. The van der Waals surface area contributed by atoms with Crippen LogP contribution in [-0.4, -0.2) is 33.9 Å². The fourth-order valence-corrected chi connectivity index (χ4v) is 4.66. The minimum Gasteiger partial charge on any atom is -0.341 e. The van der Waals surface area contributed by atoms with Crippen molar-refractivity contribution < 1.29 is 9.18 Å². The Labute approximate surface area is 173 Å². The van der Waals surface area contributed by atoms with Gasteiger partial charge >= 0.3 is 0 Å². The van der Waals surface area contributed by atoms with E-state index in [1.165, 1.54) is 6.07 Å². The van der Waals surface area contributed by atoms with Crippen LogP contribution < -0.4 is 5.32 Å². The number of halogens is 1. The zero-order valence-electron chi connectivity index (χ0n) is 16.0. The van der Waals surface area contributed by atoms with Gasteiger partial charge in [-0.2, -0.15) is 0 Å². The van der Waals surface area contributed by atoms with E-state index < -0.39 is 0 Å². The normalized spacial score (nSPS) is 18.3. The highest BCUT2D eigenvalue weighted by Crippen LogP contribution is 2.32. The number of likely N-dealkylation sites (tertiary alicyclic amines) is 1. The third-order valence-electron chi connectivity index (χ3n) is 5.21. The molecule has 7 heteroatoms. The number of hydrogen-bond donors (Lipinski definition) is 1. The Kier molecular flexibility index (Phi) is 6.27. The van der Waals surface area contributed by atoms with Crippen molar-refractivity contribution in [1.82, 2.24) is 20.2 Å². The van der Waals surface area contributed by atoms with E-state index in [2.05, 4.69) is 20.2 Å². The highest BCUT2D eigenvalue weighted by atomic mass is 32.1. The lowest BCUT2D eigenvalue weighted by atomic mass is 9.90. The van der Waals surface area contributed by atoms with Crippen LogP contribution in [0.15, 0.2) is 60.2 Å². The van der Waals surface area contributed by atoms with E-state index >= 15 is 0 Å². The number of rotatable bonds is 6. The van der Waals surface area contributed by atoms with Gasteiger partial charge < -0.3 is 5.32 Å². The van der Waals surface area contributed by atoms with E-state index in [1.807, 2.05) is 17.5 Å². The lowest BCUT2D eigenvalue weighted by Gasteiger charge is -2.36. The largest absolute Gasteiger partial charge is 0.341 e. The summed E-state index contributed by atoms with van der Waals surface area (Å²) >= 11 is 1.55. The van der Waals surface area contributed by atoms with Crippen LogP contribution >= 0.6 is 11.3 Å². The molecule has 0 radical (unpaired) electrons. The van der Waals surface area contributed by atoms with Crippen molar-refractivity contribution in [3.63, 3.8) is 0 Å². The molecule has 5 nitrogen and oxygen atoms in total. The van der Waals surface area contributed by atoms with Crippen LogP contribution in [-0.2, 0) is 6.54 Å². The topological polar surface area (TPSA) is 58.1 Å². The van der Waals surface area contributed by atoms with Crippen LogP contribution in [0.1, 0.15) is 39.9 Å². The van der Waals surface area contributed by atoms with Gasteiger partial charge in [-0.15, -0.1) is 11.3 Å². The highest BCUT2D eigenvalue weighted by molar-refractivity contribution is 7.09. The summed E-state index contributed by atoms with van der Waals surface area (Å²) in [5.41, 5.74) is 1.37. The summed E-state index contributed by atoms with van der Waals surface area (Å²) in [4.78, 5) is 23.7. The number of piperidine rings is 1. The van der Waals surface area contributed by atoms with Crippen LogP contribution in [0, 0.1) is 11.7 Å². The Morgan fingerprint density at radius 3 is 2.93 bits per heavy atom. The first-order valence-electron chi connectivity index (χ1n) is 9.77. The number of carbonyl (C=O) groups excluding carboxylic acids is 1. The van der Waals surface area contributed by atoms with Gasteiger partial charge in [-0.3, -0.25) is 14.7 Å². The summed E-state index contributed by atoms with van der Waals surface area (Å²) in [6.45, 7) is 2.49. The first-order chi connectivity index (χ1) is 14.2. The van der Waals surface area contributed by atoms with E-state index in [9.17, 15) is 9.18 Å². The second kappa shape index (κ2) is 9.24. The van der Waals surface area contributed by atoms with Gasteiger partial charge in [0, 0.05) is 30.9 Å². The van der Waals surface area contributed by atoms with Crippen molar-refractivity contribution >= 4 is 17.2 Å². The number of thiazole rings is 1. The maximum absolute atomic E-state index is 13.5. The predicted octanol–water partition coefficient (Wildman–Crippen LogP) is 4.06. The molecule has 4 rings (SSSR count). The number of nitrogens with zero attached hydrogens (tertiary/aromatic N) is 3. The SMILES string of the molecule is O=C(N[C@H](c1nccs1)[C@H]1CCCN(Cc2cccc(F)c2)C1)c1ccccn1. The van der Waals surface area contributed by atoms with E-state index in [-0.39, 0.29) is 23.7 Å². The summed E-state index contributed by atoms with van der Waals surface area (Å²) in [5, 5.41) is 6.00. The molecular formula is C22H23FN4OS. The number of aromatic nitrogens is 2. The molecule has 0 saturated carbocycles. The maximum atomic E-state index is 13.5. The molecule has 1 fully saturated rings. The molecule has 3 aromatic rings. The van der Waals surface area contributed by atoms with Gasteiger partial charge in [0.25, 0.3) is 5.91 Å². The second-order valence-electron chi connectivity index (χ2n) is 7.30. The molecule has 0 spiro atoms. The number of pyridine rings is 1. The average Bonchev–Trinajstić information content (AvgIpc) is 3.27. The molecule has 2 atom stereocenters. The van der Waals surface area contributed by atoms with Gasteiger partial charge in [0.1, 0.15) is 16.5 Å². The van der Waals surface area contributed by atoms with E-state index in [0.29, 0.717) is 12.2 Å². The molecule has 150 valence electrons. The van der Waals surface area contributed by atoms with Crippen molar-refractivity contribution in [2.45, 2.75) is 25.4 Å². The van der Waals surface area contributed by atoms with Gasteiger partial charge in [-0.25, -0.2) is 9.37 Å². The molecule has 1 amide bonds. The van der Waals surface area contributed by atoms with Gasteiger partial charge in [0.05, 0.1) is 6.04 Å². The van der Waals surface area contributed by atoms with Gasteiger partial charge in [-0.05, 0) is 55.1 Å². The fourth-order valence-electron chi connectivity index (χ4n) is 3.88. The zero-order chi connectivity index (χ0) is 20.1. The minimum atomic E-state index is -0.209. The van der Waals surface area contributed by atoms with Crippen LogP contribution in [0.4, 0.5) is 4.39 Å². The van der Waals surface area contributed by atoms with Crippen molar-refractivity contribution in [3.05, 3.63) is 82.3 Å². The molecule has 0 aliphatic carbocycles. The quantitative estimate of drug-likeness (QED) is 0.666. The van der Waals surface area contributed by atoms with Gasteiger partial charge in [-0.1, -0.05) is 18.2 Å². The Bertz CT molecular complexity index is 935. The first-order valence-corrected chi connectivity index (χ1v) is 10.6. The standard InChI is InChI=1S/C22H23FN4OS/c23-18-7-3-5-16(13-18)14-27-11-4-6-17(15-27)20(22-25-10-12-29-22)26-21(28)19-8-1-2-9-24-19/h1-3,5,7-10,12-13,17,20H,4,6,11,14-15H2,(H,26,28)/t17-,20-/m0/s1. The van der Waals surface area contributed by atoms with E-state index in [4.69, 9.17) is 0 Å². The monoisotopic (exact) mass is 410 g/mol. The summed E-state index contributed by atoms with van der Waals surface area (Å²) in [6, 6.07) is 11.9. The Balaban J connectivity index is 1.49. The molecule has 0 unspecified atom stereocenters. The molecule has 29 heavy (non-hydrogen) atoms. The smallest absolute Gasteiger partial charge is 0.270 e. The van der Waals surface area contributed by atoms with Crippen LogP contribution in [0.3, 0.4) is 0 Å². The van der Waals surface area contributed by atoms with Crippen molar-refractivity contribution in [2.24, 2.45) is 5.92 Å². The second-order valence-corrected chi connectivity index (χ2v) is 8.23. The first kappa shape index (κ1) is 19.7. The molecule has 1 aliphatic rings. The maximum Gasteiger partial charge on any atom is 0.270 e. The Hall–Kier alpha value is -2.64. The summed E-state index contributed by atoms with van der Waals surface area (Å²) < 4.78 is 13.5. The predicted molar refractivity (Wildman–Crippen MR) is 111 cm³/mol. The number of amides is 1. The summed E-state index contributed by atoms with van der Waals surface area (Å²) in [5.74, 6) is -0.163. The van der Waals surface area contributed by atoms with Crippen molar-refractivity contribution in [2.75, 3.05) is 13.1 Å². The lowest BCUT2D eigenvalue weighted by Crippen LogP contribution is -2.42. The molecular weight excluding hydrogens is 387 g/mol. The number of benzene rings is 1. The Morgan fingerprint density at radius 1 is 1.24 bits per heavy atom. The third-order valence-corrected chi connectivity index (χ3v) is 6.07. The van der Waals surface area contributed by atoms with E-state index in [1.54, 1.807) is 48.0 Å². The van der Waals surface area contributed by atoms with E-state index in [0.717, 1.165) is 36.5 Å². The molecule has 1 N–H and O–H groups in total. The van der Waals surface area contributed by atoms with Gasteiger partial charge in [0.15, 0.2) is 0 Å². The molecule has 1 saturated heterocycles. The minimum absolute atomic E-state index is 0.167.